The van der Waals surface area contributed by atoms with E-state index in [-0.39, 0.29) is 4.90 Å². The van der Waals surface area contributed by atoms with Gasteiger partial charge in [-0.1, -0.05) is 19.1 Å². The number of para-hydroxylation sites is 1. The van der Waals surface area contributed by atoms with Crippen molar-refractivity contribution in [3.8, 4) is 0 Å². The molecule has 5 nitrogen and oxygen atoms in total. The molecule has 2 aromatic rings. The van der Waals surface area contributed by atoms with E-state index in [1.165, 1.54) is 0 Å². The molecular weight excluding hydrogens is 294 g/mol. The Morgan fingerprint density at radius 2 is 2.00 bits per heavy atom. The zero-order valence-electron chi connectivity index (χ0n) is 11.6. The maximum absolute atomic E-state index is 12.5. The average molecular weight is 311 g/mol. The quantitative estimate of drug-likeness (QED) is 0.833. The number of rotatable bonds is 5. The number of aryl methyl sites for hydroxylation is 2. The van der Waals surface area contributed by atoms with E-state index in [1.807, 2.05) is 25.1 Å². The van der Waals surface area contributed by atoms with Crippen LogP contribution >= 0.6 is 11.8 Å². The van der Waals surface area contributed by atoms with E-state index in [1.54, 1.807) is 31.7 Å². The van der Waals surface area contributed by atoms with Crippen LogP contribution in [0.1, 0.15) is 18.3 Å². The Morgan fingerprint density at radius 1 is 1.30 bits per heavy atom. The third-order valence-corrected chi connectivity index (χ3v) is 5.34. The van der Waals surface area contributed by atoms with Crippen LogP contribution in [0.3, 0.4) is 0 Å². The summed E-state index contributed by atoms with van der Waals surface area (Å²) in [6.45, 7) is 5.40. The van der Waals surface area contributed by atoms with Gasteiger partial charge in [0.2, 0.25) is 0 Å². The highest BCUT2D eigenvalue weighted by Crippen LogP contribution is 2.29. The minimum absolute atomic E-state index is 0.216. The molecule has 0 amide bonds. The lowest BCUT2D eigenvalue weighted by atomic mass is 10.3. The SMILES string of the molecule is CCSc1ccccc1NS(=O)(=O)c1c(C)n[nH]c1C. The van der Waals surface area contributed by atoms with Gasteiger partial charge in [-0.05, 0) is 31.7 Å². The van der Waals surface area contributed by atoms with E-state index >= 15 is 0 Å². The first kappa shape index (κ1) is 14.9. The molecule has 0 saturated heterocycles. The third kappa shape index (κ3) is 2.99. The molecule has 20 heavy (non-hydrogen) atoms. The predicted molar refractivity (Wildman–Crippen MR) is 81.7 cm³/mol. The molecule has 0 saturated carbocycles. The number of hydrogen-bond donors (Lipinski definition) is 2. The van der Waals surface area contributed by atoms with Gasteiger partial charge in [0, 0.05) is 4.90 Å². The normalized spacial score (nSPS) is 11.6. The first-order chi connectivity index (χ1) is 9.45. The van der Waals surface area contributed by atoms with Crippen LogP contribution < -0.4 is 4.72 Å². The summed E-state index contributed by atoms with van der Waals surface area (Å²) in [4.78, 5) is 1.13. The van der Waals surface area contributed by atoms with E-state index in [2.05, 4.69) is 14.9 Å². The Hall–Kier alpha value is -1.47. The second kappa shape index (κ2) is 5.88. The van der Waals surface area contributed by atoms with Crippen LogP contribution in [0.4, 0.5) is 5.69 Å². The number of nitrogens with one attached hydrogen (secondary N) is 2. The van der Waals surface area contributed by atoms with Gasteiger partial charge in [0.1, 0.15) is 4.90 Å². The van der Waals surface area contributed by atoms with Crippen molar-refractivity contribution in [1.29, 1.82) is 0 Å². The second-order valence-corrected chi connectivity index (χ2v) is 7.22. The highest BCUT2D eigenvalue weighted by molar-refractivity contribution is 7.99. The van der Waals surface area contributed by atoms with Crippen molar-refractivity contribution >= 4 is 27.5 Å². The van der Waals surface area contributed by atoms with Gasteiger partial charge in [-0.25, -0.2) is 8.42 Å². The molecule has 1 aromatic heterocycles. The largest absolute Gasteiger partial charge is 0.281 e. The van der Waals surface area contributed by atoms with Gasteiger partial charge in [-0.15, -0.1) is 11.8 Å². The van der Waals surface area contributed by atoms with Crippen molar-refractivity contribution in [3.05, 3.63) is 35.7 Å². The summed E-state index contributed by atoms with van der Waals surface area (Å²) in [6.07, 6.45) is 0. The molecule has 0 aliphatic heterocycles. The molecule has 0 aliphatic rings. The van der Waals surface area contributed by atoms with Crippen LogP contribution in [0.5, 0.6) is 0 Å². The fourth-order valence-corrected chi connectivity index (χ4v) is 4.24. The molecule has 7 heteroatoms. The van der Waals surface area contributed by atoms with Crippen molar-refractivity contribution in [2.75, 3.05) is 10.5 Å². The molecule has 0 atom stereocenters. The zero-order valence-corrected chi connectivity index (χ0v) is 13.2. The number of nitrogens with zero attached hydrogens (tertiary/aromatic N) is 1. The fourth-order valence-electron chi connectivity index (χ4n) is 1.96. The number of aromatic amines is 1. The number of thioether (sulfide) groups is 1. The number of hydrogen-bond acceptors (Lipinski definition) is 4. The third-order valence-electron chi connectivity index (χ3n) is 2.76. The number of aromatic nitrogens is 2. The molecule has 1 aromatic carbocycles. The molecule has 0 radical (unpaired) electrons. The number of benzene rings is 1. The number of sulfonamides is 1. The summed E-state index contributed by atoms with van der Waals surface area (Å²) in [5.74, 6) is 0.877. The maximum atomic E-state index is 12.5. The molecule has 0 unspecified atom stereocenters. The van der Waals surface area contributed by atoms with Crippen LogP contribution in [0.25, 0.3) is 0 Å². The van der Waals surface area contributed by atoms with Crippen LogP contribution in [-0.4, -0.2) is 24.4 Å². The number of anilines is 1. The molecule has 1 heterocycles. The van der Waals surface area contributed by atoms with Crippen molar-refractivity contribution < 1.29 is 8.42 Å². The van der Waals surface area contributed by atoms with E-state index in [0.29, 0.717) is 17.1 Å². The molecule has 2 rings (SSSR count). The monoisotopic (exact) mass is 311 g/mol. The van der Waals surface area contributed by atoms with E-state index in [4.69, 9.17) is 0 Å². The van der Waals surface area contributed by atoms with Gasteiger partial charge in [0.25, 0.3) is 10.0 Å². The molecule has 0 aliphatic carbocycles. The molecule has 0 spiro atoms. The molecular formula is C13H17N3O2S2. The highest BCUT2D eigenvalue weighted by atomic mass is 32.2. The lowest BCUT2D eigenvalue weighted by Crippen LogP contribution is -2.15. The first-order valence-corrected chi connectivity index (χ1v) is 8.68. The first-order valence-electron chi connectivity index (χ1n) is 6.22. The lowest BCUT2D eigenvalue weighted by molar-refractivity contribution is 0.600. The van der Waals surface area contributed by atoms with Crippen molar-refractivity contribution in [2.45, 2.75) is 30.6 Å². The fraction of sp³-hybridized carbons (Fsp3) is 0.308. The molecule has 108 valence electrons. The average Bonchev–Trinajstić information content (AvgIpc) is 2.72. The summed E-state index contributed by atoms with van der Waals surface area (Å²) >= 11 is 1.60. The standard InChI is InChI=1S/C13H17N3O2S2/c1-4-19-12-8-6-5-7-11(12)16-20(17,18)13-9(2)14-15-10(13)3/h5-8,16H,4H2,1-3H3,(H,14,15). The summed E-state index contributed by atoms with van der Waals surface area (Å²) in [5, 5.41) is 6.63. The van der Waals surface area contributed by atoms with E-state index in [0.717, 1.165) is 10.6 Å². The summed E-state index contributed by atoms with van der Waals surface area (Å²) in [6, 6.07) is 7.37. The van der Waals surface area contributed by atoms with Crippen molar-refractivity contribution in [1.82, 2.24) is 10.2 Å². The van der Waals surface area contributed by atoms with E-state index < -0.39 is 10.0 Å². The van der Waals surface area contributed by atoms with Crippen LogP contribution in [0.2, 0.25) is 0 Å². The van der Waals surface area contributed by atoms with Crippen molar-refractivity contribution in [3.63, 3.8) is 0 Å². The predicted octanol–water partition coefficient (Wildman–Crippen LogP) is 2.94. The Kier molecular flexibility index (Phi) is 4.39. The Balaban J connectivity index is 2.39. The van der Waals surface area contributed by atoms with Gasteiger partial charge in [0.05, 0.1) is 17.1 Å². The topological polar surface area (TPSA) is 74.8 Å². The highest BCUT2D eigenvalue weighted by Gasteiger charge is 2.23. The van der Waals surface area contributed by atoms with Gasteiger partial charge in [0.15, 0.2) is 0 Å². The summed E-state index contributed by atoms with van der Waals surface area (Å²) < 4.78 is 27.6. The van der Waals surface area contributed by atoms with Crippen LogP contribution in [0, 0.1) is 13.8 Å². The van der Waals surface area contributed by atoms with Gasteiger partial charge in [-0.2, -0.15) is 5.10 Å². The van der Waals surface area contributed by atoms with Crippen LogP contribution in [0.15, 0.2) is 34.1 Å². The number of H-pyrrole nitrogens is 1. The van der Waals surface area contributed by atoms with Crippen molar-refractivity contribution in [2.24, 2.45) is 0 Å². The maximum Gasteiger partial charge on any atom is 0.265 e. The van der Waals surface area contributed by atoms with Gasteiger partial charge in [-0.3, -0.25) is 9.82 Å². The lowest BCUT2D eigenvalue weighted by Gasteiger charge is -2.11. The summed E-state index contributed by atoms with van der Waals surface area (Å²) in [5.41, 5.74) is 1.60. The van der Waals surface area contributed by atoms with Gasteiger partial charge < -0.3 is 0 Å². The zero-order chi connectivity index (χ0) is 14.8. The minimum atomic E-state index is -3.63. The van der Waals surface area contributed by atoms with Gasteiger partial charge >= 0.3 is 0 Å². The second-order valence-electron chi connectivity index (χ2n) is 4.30. The minimum Gasteiger partial charge on any atom is -0.281 e. The Labute approximate surface area is 123 Å². The molecule has 2 N–H and O–H groups in total. The Bertz CT molecular complexity index is 689. The smallest absolute Gasteiger partial charge is 0.265 e. The molecule has 0 bridgehead atoms. The summed E-state index contributed by atoms with van der Waals surface area (Å²) in [7, 11) is -3.63. The molecule has 0 fully saturated rings. The van der Waals surface area contributed by atoms with Crippen LogP contribution in [-0.2, 0) is 10.0 Å². The Morgan fingerprint density at radius 3 is 2.60 bits per heavy atom. The van der Waals surface area contributed by atoms with E-state index in [9.17, 15) is 8.42 Å².